The van der Waals surface area contributed by atoms with Gasteiger partial charge in [0.25, 0.3) is 0 Å². The Balaban J connectivity index is 0.00000264. The Morgan fingerprint density at radius 3 is 2.61 bits per heavy atom. The molecule has 7 heteroatoms. The minimum absolute atomic E-state index is 0. The van der Waals surface area contributed by atoms with Gasteiger partial charge in [0.05, 0.1) is 11.5 Å². The summed E-state index contributed by atoms with van der Waals surface area (Å²) in [5.41, 5.74) is 5.60. The van der Waals surface area contributed by atoms with E-state index >= 15 is 0 Å². The van der Waals surface area contributed by atoms with Crippen molar-refractivity contribution < 1.29 is 13.2 Å². The molecule has 132 valence electrons. The van der Waals surface area contributed by atoms with Gasteiger partial charge >= 0.3 is 0 Å². The second-order valence-corrected chi connectivity index (χ2v) is 7.71. The maximum atomic E-state index is 12.7. The number of halogens is 1. The van der Waals surface area contributed by atoms with Gasteiger partial charge in [0.2, 0.25) is 10.0 Å². The number of ether oxygens (including phenoxy) is 1. The molecule has 1 saturated heterocycles. The van der Waals surface area contributed by atoms with Gasteiger partial charge in [-0.3, -0.25) is 0 Å². The number of nitrogens with two attached hydrogens (primary N) is 1. The van der Waals surface area contributed by atoms with Crippen LogP contribution in [0.3, 0.4) is 0 Å². The van der Waals surface area contributed by atoms with Crippen molar-refractivity contribution in [1.29, 1.82) is 0 Å². The van der Waals surface area contributed by atoms with Crippen LogP contribution in [0.25, 0.3) is 0 Å². The average Bonchev–Trinajstić information content (AvgIpc) is 2.54. The van der Waals surface area contributed by atoms with Crippen LogP contribution in [-0.4, -0.2) is 39.0 Å². The first kappa shape index (κ1) is 20.2. The summed E-state index contributed by atoms with van der Waals surface area (Å²) in [6, 6.07) is 6.72. The predicted molar refractivity (Wildman–Crippen MR) is 94.6 cm³/mol. The monoisotopic (exact) mass is 362 g/mol. The molecule has 23 heavy (non-hydrogen) atoms. The summed E-state index contributed by atoms with van der Waals surface area (Å²) in [6.07, 6.45) is 3.78. The van der Waals surface area contributed by atoms with Crippen molar-refractivity contribution in [3.8, 4) is 5.75 Å². The first-order chi connectivity index (χ1) is 10.6. The van der Waals surface area contributed by atoms with Crippen LogP contribution in [0.5, 0.6) is 5.75 Å². The SMILES string of the molecule is CCCOc1ccc(S(=O)(=O)N2CCCC(CCN)C2)cc1.Cl. The van der Waals surface area contributed by atoms with E-state index in [0.717, 1.165) is 25.7 Å². The molecule has 0 saturated carbocycles. The molecule has 1 atom stereocenters. The molecule has 1 aromatic carbocycles. The van der Waals surface area contributed by atoms with Gasteiger partial charge in [-0.2, -0.15) is 4.31 Å². The third-order valence-corrected chi connectivity index (χ3v) is 5.87. The van der Waals surface area contributed by atoms with Crippen molar-refractivity contribution in [2.75, 3.05) is 26.2 Å². The number of rotatable bonds is 7. The molecule has 2 N–H and O–H groups in total. The molecular formula is C16H27ClN2O3S. The zero-order valence-corrected chi connectivity index (χ0v) is 15.2. The summed E-state index contributed by atoms with van der Waals surface area (Å²) in [5.74, 6) is 1.08. The van der Waals surface area contributed by atoms with Crippen LogP contribution in [-0.2, 0) is 10.0 Å². The molecule has 1 aliphatic rings. The fourth-order valence-corrected chi connectivity index (χ4v) is 4.35. The minimum Gasteiger partial charge on any atom is -0.494 e. The standard InChI is InChI=1S/C16H26N2O3S.ClH/c1-2-12-21-15-5-7-16(8-6-15)22(19,20)18-11-3-4-14(13-18)9-10-17;/h5-8,14H,2-4,9-13,17H2,1H3;1H. The molecule has 0 aliphatic carbocycles. The summed E-state index contributed by atoms with van der Waals surface area (Å²) >= 11 is 0. The van der Waals surface area contributed by atoms with E-state index in [1.54, 1.807) is 28.6 Å². The smallest absolute Gasteiger partial charge is 0.243 e. The normalized spacial score (nSPS) is 19.1. The fourth-order valence-electron chi connectivity index (χ4n) is 2.79. The second-order valence-electron chi connectivity index (χ2n) is 5.77. The summed E-state index contributed by atoms with van der Waals surface area (Å²) < 4.78 is 32.5. The lowest BCUT2D eigenvalue weighted by atomic mass is 9.96. The Labute approximate surface area is 145 Å². The molecule has 0 radical (unpaired) electrons. The van der Waals surface area contributed by atoms with Crippen LogP contribution in [0.4, 0.5) is 0 Å². The van der Waals surface area contributed by atoms with E-state index in [1.165, 1.54) is 0 Å². The highest BCUT2D eigenvalue weighted by Crippen LogP contribution is 2.26. The average molecular weight is 363 g/mol. The van der Waals surface area contributed by atoms with Crippen LogP contribution >= 0.6 is 12.4 Å². The molecule has 2 rings (SSSR count). The largest absolute Gasteiger partial charge is 0.494 e. The van der Waals surface area contributed by atoms with E-state index in [2.05, 4.69) is 0 Å². The fraction of sp³-hybridized carbons (Fsp3) is 0.625. The van der Waals surface area contributed by atoms with E-state index in [4.69, 9.17) is 10.5 Å². The van der Waals surface area contributed by atoms with Crippen molar-refractivity contribution in [2.24, 2.45) is 11.7 Å². The summed E-state index contributed by atoms with van der Waals surface area (Å²) in [5, 5.41) is 0. The molecule has 0 spiro atoms. The van der Waals surface area contributed by atoms with Gasteiger partial charge < -0.3 is 10.5 Å². The van der Waals surface area contributed by atoms with Crippen LogP contribution in [0.15, 0.2) is 29.2 Å². The van der Waals surface area contributed by atoms with Gasteiger partial charge in [0, 0.05) is 13.1 Å². The number of benzene rings is 1. The first-order valence-corrected chi connectivity index (χ1v) is 9.45. The molecule has 0 aromatic heterocycles. The third kappa shape index (κ3) is 5.35. The first-order valence-electron chi connectivity index (χ1n) is 8.01. The van der Waals surface area contributed by atoms with Crippen molar-refractivity contribution in [2.45, 2.75) is 37.5 Å². The second kappa shape index (κ2) is 9.47. The molecule has 1 aliphatic heterocycles. The predicted octanol–water partition coefficient (Wildman–Crippen LogP) is 2.65. The van der Waals surface area contributed by atoms with Crippen LogP contribution in [0.2, 0.25) is 0 Å². The van der Waals surface area contributed by atoms with Crippen molar-refractivity contribution in [3.63, 3.8) is 0 Å². The Morgan fingerprint density at radius 1 is 1.30 bits per heavy atom. The van der Waals surface area contributed by atoms with E-state index in [0.29, 0.717) is 42.8 Å². The highest BCUT2D eigenvalue weighted by atomic mass is 35.5. The van der Waals surface area contributed by atoms with Crippen molar-refractivity contribution in [1.82, 2.24) is 4.31 Å². The molecule has 1 fully saturated rings. The number of hydrogen-bond acceptors (Lipinski definition) is 4. The molecule has 1 heterocycles. The number of nitrogens with zero attached hydrogens (tertiary/aromatic N) is 1. The van der Waals surface area contributed by atoms with Crippen molar-refractivity contribution in [3.05, 3.63) is 24.3 Å². The van der Waals surface area contributed by atoms with Gasteiger partial charge in [-0.05, 0) is 62.4 Å². The maximum Gasteiger partial charge on any atom is 0.243 e. The summed E-state index contributed by atoms with van der Waals surface area (Å²) in [6.45, 7) is 4.46. The molecule has 0 amide bonds. The van der Waals surface area contributed by atoms with E-state index in [1.807, 2.05) is 6.92 Å². The maximum absolute atomic E-state index is 12.7. The quantitative estimate of drug-likeness (QED) is 0.809. The van der Waals surface area contributed by atoms with Crippen LogP contribution in [0.1, 0.15) is 32.6 Å². The number of piperidine rings is 1. The van der Waals surface area contributed by atoms with Gasteiger partial charge in [-0.1, -0.05) is 6.92 Å². The number of sulfonamides is 1. The highest BCUT2D eigenvalue weighted by molar-refractivity contribution is 7.89. The molecule has 0 bridgehead atoms. The topological polar surface area (TPSA) is 72.6 Å². The lowest BCUT2D eigenvalue weighted by Gasteiger charge is -2.31. The van der Waals surface area contributed by atoms with E-state index < -0.39 is 10.0 Å². The minimum atomic E-state index is -3.41. The lowest BCUT2D eigenvalue weighted by molar-refractivity contribution is 0.258. The van der Waals surface area contributed by atoms with E-state index in [9.17, 15) is 8.42 Å². The Morgan fingerprint density at radius 2 is 2.00 bits per heavy atom. The Hall–Kier alpha value is -0.820. The van der Waals surface area contributed by atoms with Gasteiger partial charge in [0.15, 0.2) is 0 Å². The Kier molecular flexibility index (Phi) is 8.33. The third-order valence-electron chi connectivity index (χ3n) is 3.99. The molecule has 1 aromatic rings. The van der Waals surface area contributed by atoms with Gasteiger partial charge in [-0.25, -0.2) is 8.42 Å². The van der Waals surface area contributed by atoms with Gasteiger partial charge in [0.1, 0.15) is 5.75 Å². The van der Waals surface area contributed by atoms with Crippen molar-refractivity contribution >= 4 is 22.4 Å². The molecule has 5 nitrogen and oxygen atoms in total. The summed E-state index contributed by atoms with van der Waals surface area (Å²) in [4.78, 5) is 0.338. The Bertz CT molecular complexity index is 561. The molecule has 1 unspecified atom stereocenters. The molecular weight excluding hydrogens is 336 g/mol. The zero-order valence-electron chi connectivity index (χ0n) is 13.6. The highest BCUT2D eigenvalue weighted by Gasteiger charge is 2.29. The van der Waals surface area contributed by atoms with Gasteiger partial charge in [-0.15, -0.1) is 12.4 Å². The van der Waals surface area contributed by atoms with E-state index in [-0.39, 0.29) is 12.4 Å². The zero-order chi connectivity index (χ0) is 16.0. The lowest BCUT2D eigenvalue weighted by Crippen LogP contribution is -2.40. The summed E-state index contributed by atoms with van der Waals surface area (Å²) in [7, 11) is -3.41. The van der Waals surface area contributed by atoms with Crippen LogP contribution in [0, 0.1) is 5.92 Å². The number of hydrogen-bond donors (Lipinski definition) is 1. The van der Waals surface area contributed by atoms with Crippen LogP contribution < -0.4 is 10.5 Å².